The number of fused-ring (bicyclic) bond motifs is 4. The molecule has 54 heavy (non-hydrogen) atoms. The zero-order chi connectivity index (χ0) is 38.3. The molecule has 1 fully saturated rings. The molecule has 0 saturated carbocycles. The molecule has 0 aliphatic carbocycles. The summed E-state index contributed by atoms with van der Waals surface area (Å²) in [5.74, 6) is 2.85. The summed E-state index contributed by atoms with van der Waals surface area (Å²) in [5, 5.41) is 0. The van der Waals surface area contributed by atoms with Gasteiger partial charge < -0.3 is 38.2 Å². The maximum atomic E-state index is 15.4. The molecule has 4 aromatic rings. The number of carbonyl (C=O) groups excluding carboxylic acids is 2. The van der Waals surface area contributed by atoms with Crippen molar-refractivity contribution in [3.8, 4) is 34.5 Å². The SMILES string of the molecule is COc1c(C)c(OC)c(OC)c2c1C[C@H]1C(=O)N3[C@@H](Cc4c(OC)c(C)c(OC)c(OC)c4[C@@H]3/C=C/c3ccccc3)C(=O)N1[C@H]2/C=C/c1ccccc1. The van der Waals surface area contributed by atoms with Crippen LogP contribution in [-0.4, -0.2) is 76.4 Å². The second kappa shape index (κ2) is 14.9. The third-order valence-electron chi connectivity index (χ3n) is 11.0. The second-order valence-corrected chi connectivity index (χ2v) is 13.6. The highest BCUT2D eigenvalue weighted by Gasteiger charge is 2.56. The van der Waals surface area contributed by atoms with Gasteiger partial charge in [-0.1, -0.05) is 85.0 Å². The first-order valence-electron chi connectivity index (χ1n) is 18.0. The van der Waals surface area contributed by atoms with Gasteiger partial charge in [0.05, 0.1) is 54.7 Å². The zero-order valence-corrected chi connectivity index (χ0v) is 32.0. The van der Waals surface area contributed by atoms with Crippen molar-refractivity contribution in [1.29, 1.82) is 0 Å². The predicted octanol–water partition coefficient (Wildman–Crippen LogP) is 7.08. The van der Waals surface area contributed by atoms with Crippen LogP contribution in [0.1, 0.15) is 56.6 Å². The van der Waals surface area contributed by atoms with E-state index in [0.717, 1.165) is 44.5 Å². The summed E-state index contributed by atoms with van der Waals surface area (Å²) in [7, 11) is 9.59. The maximum Gasteiger partial charge on any atom is 0.247 e. The van der Waals surface area contributed by atoms with Crippen molar-refractivity contribution in [2.75, 3.05) is 42.7 Å². The molecular formula is C44H46N2O8. The number of nitrogens with zero attached hydrogens (tertiary/aromatic N) is 2. The van der Waals surface area contributed by atoms with Crippen LogP contribution in [0, 0.1) is 13.8 Å². The topological polar surface area (TPSA) is 96.0 Å². The lowest BCUT2D eigenvalue weighted by Gasteiger charge is -2.54. The molecule has 0 aromatic heterocycles. The van der Waals surface area contributed by atoms with Crippen LogP contribution >= 0.6 is 0 Å². The van der Waals surface area contributed by atoms with Crippen LogP contribution in [0.4, 0.5) is 0 Å². The fourth-order valence-corrected chi connectivity index (χ4v) is 8.74. The van der Waals surface area contributed by atoms with Gasteiger partial charge in [0.2, 0.25) is 11.8 Å². The molecular weight excluding hydrogens is 684 g/mol. The predicted molar refractivity (Wildman–Crippen MR) is 207 cm³/mol. The van der Waals surface area contributed by atoms with E-state index in [0.29, 0.717) is 34.5 Å². The van der Waals surface area contributed by atoms with Crippen molar-refractivity contribution < 1.29 is 38.0 Å². The van der Waals surface area contributed by atoms with Crippen molar-refractivity contribution in [2.24, 2.45) is 0 Å². The standard InChI is InChI=1S/C44H46N2O8/c1-25-37(49-3)29-23-33-43(47)46-32(22-20-28-17-13-10-14-18-28)36-30(38(50-4)26(2)40(52-6)42(36)54-8)24-34(46)44(48)45(33)31(21-19-27-15-11-9-12-16-27)35(29)41(53-7)39(25)51-5/h9-22,31-34H,23-24H2,1-8H3/b21-19+,22-20+/t31-,32-,33-,34-/m0/s1. The van der Waals surface area contributed by atoms with Crippen molar-refractivity contribution >= 4 is 24.0 Å². The average Bonchev–Trinajstić information content (AvgIpc) is 3.20. The van der Waals surface area contributed by atoms with E-state index in [9.17, 15) is 0 Å². The number of hydrogen-bond acceptors (Lipinski definition) is 8. The van der Waals surface area contributed by atoms with Gasteiger partial charge >= 0.3 is 0 Å². The Morgan fingerprint density at radius 1 is 0.500 bits per heavy atom. The Morgan fingerprint density at radius 2 is 0.833 bits per heavy atom. The molecule has 2 amide bonds. The first kappa shape index (κ1) is 36.5. The molecule has 3 aliphatic heterocycles. The van der Waals surface area contributed by atoms with Crippen molar-refractivity contribution in [2.45, 2.75) is 50.9 Å². The highest BCUT2D eigenvalue weighted by molar-refractivity contribution is 6.00. The van der Waals surface area contributed by atoms with E-state index in [1.54, 1.807) is 52.5 Å². The van der Waals surface area contributed by atoms with Crippen LogP contribution in [0.5, 0.6) is 34.5 Å². The lowest BCUT2D eigenvalue weighted by molar-refractivity contribution is -0.167. The highest BCUT2D eigenvalue weighted by atomic mass is 16.5. The Morgan fingerprint density at radius 3 is 1.15 bits per heavy atom. The van der Waals surface area contributed by atoms with E-state index in [4.69, 9.17) is 28.4 Å². The molecule has 280 valence electrons. The van der Waals surface area contributed by atoms with Crippen molar-refractivity contribution in [3.63, 3.8) is 0 Å². The summed E-state index contributed by atoms with van der Waals surface area (Å²) >= 11 is 0. The molecule has 0 N–H and O–H groups in total. The molecule has 0 unspecified atom stereocenters. The molecule has 3 aliphatic rings. The van der Waals surface area contributed by atoms with Gasteiger partial charge in [-0.2, -0.15) is 0 Å². The van der Waals surface area contributed by atoms with E-state index >= 15 is 9.59 Å². The minimum atomic E-state index is -0.854. The van der Waals surface area contributed by atoms with Crippen LogP contribution in [0.2, 0.25) is 0 Å². The molecule has 3 heterocycles. The molecule has 10 heteroatoms. The fraction of sp³-hybridized carbons (Fsp3) is 0.318. The third kappa shape index (κ3) is 5.71. The van der Waals surface area contributed by atoms with Gasteiger partial charge in [0, 0.05) is 46.2 Å². The van der Waals surface area contributed by atoms with Crippen LogP contribution in [0.3, 0.4) is 0 Å². The molecule has 0 bridgehead atoms. The molecule has 0 spiro atoms. The van der Waals surface area contributed by atoms with Gasteiger partial charge in [-0.05, 0) is 25.0 Å². The minimum Gasteiger partial charge on any atom is -0.496 e. The first-order chi connectivity index (χ1) is 26.2. The number of piperazine rings is 1. The summed E-state index contributed by atoms with van der Waals surface area (Å²) in [6, 6.07) is 16.6. The average molecular weight is 731 g/mol. The Labute approximate surface area is 316 Å². The van der Waals surface area contributed by atoms with Gasteiger partial charge in [0.15, 0.2) is 23.0 Å². The summed E-state index contributed by atoms with van der Waals surface area (Å²) in [4.78, 5) is 34.3. The summed E-state index contributed by atoms with van der Waals surface area (Å²) in [6.45, 7) is 3.82. The lowest BCUT2D eigenvalue weighted by atomic mass is 9.78. The number of hydrogen-bond donors (Lipinski definition) is 0. The van der Waals surface area contributed by atoms with Gasteiger partial charge in [-0.25, -0.2) is 0 Å². The Balaban J connectivity index is 1.47. The van der Waals surface area contributed by atoms with Gasteiger partial charge in [-0.15, -0.1) is 0 Å². The maximum absolute atomic E-state index is 15.4. The largest absolute Gasteiger partial charge is 0.496 e. The highest BCUT2D eigenvalue weighted by Crippen LogP contribution is 2.56. The number of benzene rings is 4. The molecule has 4 atom stereocenters. The minimum absolute atomic E-state index is 0.188. The van der Waals surface area contributed by atoms with Crippen LogP contribution in [0.25, 0.3) is 12.2 Å². The van der Waals surface area contributed by atoms with Gasteiger partial charge in [0.1, 0.15) is 23.6 Å². The first-order valence-corrected chi connectivity index (χ1v) is 18.0. The van der Waals surface area contributed by atoms with E-state index in [2.05, 4.69) is 0 Å². The van der Waals surface area contributed by atoms with Crippen LogP contribution in [0.15, 0.2) is 72.8 Å². The van der Waals surface area contributed by atoms with Crippen molar-refractivity contribution in [3.05, 3.63) is 117 Å². The summed E-state index contributed by atoms with van der Waals surface area (Å²) < 4.78 is 36.0. The van der Waals surface area contributed by atoms with E-state index in [1.807, 2.05) is 98.8 Å². The van der Waals surface area contributed by atoms with E-state index < -0.39 is 24.2 Å². The molecule has 10 nitrogen and oxygen atoms in total. The molecule has 4 aromatic carbocycles. The number of rotatable bonds is 10. The van der Waals surface area contributed by atoms with Crippen LogP contribution < -0.4 is 28.4 Å². The second-order valence-electron chi connectivity index (χ2n) is 13.6. The van der Waals surface area contributed by atoms with E-state index in [-0.39, 0.29) is 24.7 Å². The lowest BCUT2D eigenvalue weighted by Crippen LogP contribution is -2.68. The summed E-state index contributed by atoms with van der Waals surface area (Å²) in [5.41, 5.74) is 6.43. The number of carbonyl (C=O) groups is 2. The molecule has 1 saturated heterocycles. The Kier molecular flexibility index (Phi) is 10.0. The normalized spacial score (nSPS) is 20.3. The van der Waals surface area contributed by atoms with Crippen molar-refractivity contribution in [1.82, 2.24) is 9.80 Å². The molecule has 7 rings (SSSR count). The molecule has 0 radical (unpaired) electrons. The number of ether oxygens (including phenoxy) is 6. The quantitative estimate of drug-likeness (QED) is 0.171. The van der Waals surface area contributed by atoms with Gasteiger partial charge in [0.25, 0.3) is 0 Å². The van der Waals surface area contributed by atoms with Crippen LogP contribution in [-0.2, 0) is 22.4 Å². The van der Waals surface area contributed by atoms with Gasteiger partial charge in [-0.3, -0.25) is 9.59 Å². The zero-order valence-electron chi connectivity index (χ0n) is 32.0. The Bertz CT molecular complexity index is 1990. The Hall–Kier alpha value is -5.90. The monoisotopic (exact) mass is 730 g/mol. The summed E-state index contributed by atoms with van der Waals surface area (Å²) in [6.07, 6.45) is 8.32. The number of amides is 2. The third-order valence-corrected chi connectivity index (χ3v) is 11.0. The van der Waals surface area contributed by atoms with E-state index in [1.165, 1.54) is 0 Å². The fourth-order valence-electron chi connectivity index (χ4n) is 8.74. The smallest absolute Gasteiger partial charge is 0.247 e. The number of methoxy groups -OCH3 is 6.